The van der Waals surface area contributed by atoms with Gasteiger partial charge in [-0.25, -0.2) is 4.79 Å². The van der Waals surface area contributed by atoms with Crippen molar-refractivity contribution >= 4 is 12.4 Å². The molecule has 1 aromatic carbocycles. The van der Waals surface area contributed by atoms with E-state index in [4.69, 9.17) is 9.47 Å². The number of hydrogen-bond acceptors (Lipinski definition) is 4. The van der Waals surface area contributed by atoms with E-state index < -0.39 is 11.7 Å². The Morgan fingerprint density at radius 3 is 2.45 bits per heavy atom. The lowest BCUT2D eigenvalue weighted by Gasteiger charge is -2.24. The van der Waals surface area contributed by atoms with Crippen LogP contribution in [0.15, 0.2) is 18.2 Å². The van der Waals surface area contributed by atoms with Crippen LogP contribution in [0.25, 0.3) is 0 Å². The molecule has 0 aliphatic carbocycles. The number of rotatable bonds is 4. The Kier molecular flexibility index (Phi) is 5.13. The van der Waals surface area contributed by atoms with Crippen molar-refractivity contribution in [1.29, 1.82) is 0 Å². The van der Waals surface area contributed by atoms with Crippen LogP contribution in [0.4, 0.5) is 4.79 Å². The minimum absolute atomic E-state index is 0.340. The Hall–Kier alpha value is -2.04. The highest BCUT2D eigenvalue weighted by atomic mass is 16.6. The smallest absolute Gasteiger partial charge is 0.410 e. The summed E-state index contributed by atoms with van der Waals surface area (Å²) >= 11 is 0. The van der Waals surface area contributed by atoms with Crippen molar-refractivity contribution in [1.82, 2.24) is 4.90 Å². The molecule has 0 N–H and O–H groups in total. The van der Waals surface area contributed by atoms with Crippen molar-refractivity contribution in [3.05, 3.63) is 29.3 Å². The quantitative estimate of drug-likeness (QED) is 0.795. The second-order valence-corrected chi connectivity index (χ2v) is 5.57. The second kappa shape index (κ2) is 6.41. The normalized spacial score (nSPS) is 10.8. The molecule has 1 aromatic rings. The lowest BCUT2D eigenvalue weighted by Crippen LogP contribution is -2.33. The molecule has 0 aliphatic rings. The minimum atomic E-state index is -0.534. The molecule has 0 heterocycles. The molecule has 0 saturated carbocycles. The van der Waals surface area contributed by atoms with Crippen molar-refractivity contribution in [3.8, 4) is 5.75 Å². The number of carbonyl (C=O) groups excluding carboxylic acids is 2. The molecule has 20 heavy (non-hydrogen) atoms. The summed E-state index contributed by atoms with van der Waals surface area (Å²) in [5.41, 5.74) is 0.782. The fraction of sp³-hybridized carbons (Fsp3) is 0.467. The Labute approximate surface area is 119 Å². The molecule has 0 saturated heterocycles. The maximum atomic E-state index is 11.9. The standard InChI is InChI=1S/C15H21NO4/c1-15(2,3)20-14(18)16(4)9-11-6-12(10-17)8-13(7-11)19-5/h6-8,10H,9H2,1-5H3. The fourth-order valence-electron chi connectivity index (χ4n) is 1.64. The van der Waals surface area contributed by atoms with Gasteiger partial charge < -0.3 is 14.4 Å². The third kappa shape index (κ3) is 4.91. The van der Waals surface area contributed by atoms with Crippen LogP contribution in [0.3, 0.4) is 0 Å². The molecule has 0 radical (unpaired) electrons. The Balaban J connectivity index is 2.82. The SMILES string of the molecule is COc1cc(C=O)cc(CN(C)C(=O)OC(C)(C)C)c1. The monoisotopic (exact) mass is 279 g/mol. The van der Waals surface area contributed by atoms with E-state index in [9.17, 15) is 9.59 Å². The molecule has 0 fully saturated rings. The molecule has 1 amide bonds. The summed E-state index contributed by atoms with van der Waals surface area (Å²) in [6.07, 6.45) is 0.340. The van der Waals surface area contributed by atoms with Gasteiger partial charge in [0.1, 0.15) is 17.6 Å². The van der Waals surface area contributed by atoms with Gasteiger partial charge in [0, 0.05) is 19.2 Å². The van der Waals surface area contributed by atoms with Gasteiger partial charge >= 0.3 is 6.09 Å². The number of aldehydes is 1. The first-order valence-corrected chi connectivity index (χ1v) is 6.32. The molecule has 5 heteroatoms. The van der Waals surface area contributed by atoms with E-state index in [2.05, 4.69) is 0 Å². The van der Waals surface area contributed by atoms with Crippen molar-refractivity contribution in [2.24, 2.45) is 0 Å². The maximum absolute atomic E-state index is 11.9. The number of methoxy groups -OCH3 is 1. The van der Waals surface area contributed by atoms with Crippen molar-refractivity contribution in [2.75, 3.05) is 14.2 Å². The third-order valence-electron chi connectivity index (χ3n) is 2.49. The fourth-order valence-corrected chi connectivity index (χ4v) is 1.64. The molecule has 0 bridgehead atoms. The summed E-state index contributed by atoms with van der Waals surface area (Å²) in [4.78, 5) is 24.2. The molecule has 110 valence electrons. The zero-order valence-electron chi connectivity index (χ0n) is 12.6. The number of hydrogen-bond donors (Lipinski definition) is 0. The Morgan fingerprint density at radius 2 is 1.95 bits per heavy atom. The van der Waals surface area contributed by atoms with E-state index in [1.54, 1.807) is 25.2 Å². The highest BCUT2D eigenvalue weighted by Crippen LogP contribution is 2.18. The van der Waals surface area contributed by atoms with E-state index in [1.807, 2.05) is 20.8 Å². The van der Waals surface area contributed by atoms with Gasteiger partial charge in [-0.1, -0.05) is 0 Å². The lowest BCUT2D eigenvalue weighted by atomic mass is 10.1. The van der Waals surface area contributed by atoms with Gasteiger partial charge in [0.25, 0.3) is 0 Å². The first-order valence-electron chi connectivity index (χ1n) is 6.32. The molecular weight excluding hydrogens is 258 g/mol. The third-order valence-corrected chi connectivity index (χ3v) is 2.49. The number of nitrogens with zero attached hydrogens (tertiary/aromatic N) is 1. The van der Waals surface area contributed by atoms with Gasteiger partial charge in [0.15, 0.2) is 0 Å². The van der Waals surface area contributed by atoms with E-state index >= 15 is 0 Å². The van der Waals surface area contributed by atoms with E-state index in [-0.39, 0.29) is 0 Å². The van der Waals surface area contributed by atoms with E-state index in [1.165, 1.54) is 12.0 Å². The first kappa shape index (κ1) is 16.0. The van der Waals surface area contributed by atoms with Crippen LogP contribution in [-0.4, -0.2) is 37.0 Å². The summed E-state index contributed by atoms with van der Waals surface area (Å²) in [5, 5.41) is 0. The Bertz CT molecular complexity index is 491. The molecule has 0 unspecified atom stereocenters. The average Bonchev–Trinajstić information content (AvgIpc) is 2.36. The number of amides is 1. The zero-order valence-corrected chi connectivity index (χ0v) is 12.6. The van der Waals surface area contributed by atoms with Crippen molar-refractivity contribution < 1.29 is 19.1 Å². The molecule has 1 rings (SSSR count). The lowest BCUT2D eigenvalue weighted by molar-refractivity contribution is 0.0285. The van der Waals surface area contributed by atoms with Crippen molar-refractivity contribution in [3.63, 3.8) is 0 Å². The van der Waals surface area contributed by atoms with Gasteiger partial charge in [0.05, 0.1) is 7.11 Å². The number of ether oxygens (including phenoxy) is 2. The van der Waals surface area contributed by atoms with Crippen LogP contribution in [0.2, 0.25) is 0 Å². The molecule has 5 nitrogen and oxygen atoms in total. The molecule has 0 aromatic heterocycles. The maximum Gasteiger partial charge on any atom is 0.410 e. The minimum Gasteiger partial charge on any atom is -0.497 e. The second-order valence-electron chi connectivity index (χ2n) is 5.57. The van der Waals surface area contributed by atoms with Crippen LogP contribution < -0.4 is 4.74 Å². The van der Waals surface area contributed by atoms with Crippen LogP contribution in [0.5, 0.6) is 5.75 Å². The Morgan fingerprint density at radius 1 is 1.30 bits per heavy atom. The molecule has 0 atom stereocenters. The highest BCUT2D eigenvalue weighted by molar-refractivity contribution is 5.76. The van der Waals surface area contributed by atoms with E-state index in [0.717, 1.165) is 11.8 Å². The van der Waals surface area contributed by atoms with Gasteiger partial charge in [-0.3, -0.25) is 4.79 Å². The summed E-state index contributed by atoms with van der Waals surface area (Å²) in [7, 11) is 3.18. The van der Waals surface area contributed by atoms with E-state index in [0.29, 0.717) is 17.9 Å². The number of carbonyl (C=O) groups is 2. The largest absolute Gasteiger partial charge is 0.497 e. The average molecular weight is 279 g/mol. The van der Waals surface area contributed by atoms with Crippen LogP contribution in [0, 0.1) is 0 Å². The molecule has 0 aliphatic heterocycles. The summed E-state index contributed by atoms with van der Waals surface area (Å²) < 4.78 is 10.4. The number of benzene rings is 1. The zero-order chi connectivity index (χ0) is 15.3. The predicted molar refractivity (Wildman–Crippen MR) is 76.1 cm³/mol. The summed E-state index contributed by atoms with van der Waals surface area (Å²) in [6.45, 7) is 5.78. The van der Waals surface area contributed by atoms with Gasteiger partial charge in [-0.05, 0) is 44.5 Å². The van der Waals surface area contributed by atoms with Gasteiger partial charge in [-0.2, -0.15) is 0 Å². The first-order chi connectivity index (χ1) is 9.25. The van der Waals surface area contributed by atoms with Crippen molar-refractivity contribution in [2.45, 2.75) is 32.9 Å². The predicted octanol–water partition coefficient (Wildman–Crippen LogP) is 2.87. The topological polar surface area (TPSA) is 55.8 Å². The van der Waals surface area contributed by atoms with Gasteiger partial charge in [0.2, 0.25) is 0 Å². The van der Waals surface area contributed by atoms with Gasteiger partial charge in [-0.15, -0.1) is 0 Å². The van der Waals surface area contributed by atoms with Crippen LogP contribution in [0.1, 0.15) is 36.7 Å². The summed E-state index contributed by atoms with van der Waals surface area (Å²) in [6, 6.07) is 5.15. The molecule has 0 spiro atoms. The molecular formula is C15H21NO4. The van der Waals surface area contributed by atoms with Crippen LogP contribution >= 0.6 is 0 Å². The summed E-state index contributed by atoms with van der Waals surface area (Å²) in [5.74, 6) is 0.585. The van der Waals surface area contributed by atoms with Crippen LogP contribution in [-0.2, 0) is 11.3 Å². The highest BCUT2D eigenvalue weighted by Gasteiger charge is 2.19.